The van der Waals surface area contributed by atoms with Crippen LogP contribution in [0, 0.1) is 0 Å². The second kappa shape index (κ2) is 9.89. The molecule has 3 aromatic rings. The fraction of sp³-hybridized carbons (Fsp3) is 0.577. The molecule has 188 valence electrons. The lowest BCUT2D eigenvalue weighted by atomic mass is 10.0. The summed E-state index contributed by atoms with van der Waals surface area (Å²) in [5.74, 6) is 0. The zero-order chi connectivity index (χ0) is 24.5. The summed E-state index contributed by atoms with van der Waals surface area (Å²) in [5, 5.41) is 12.3. The SMILES string of the molecule is CC(C)NC(=O)N1CCN(c2ccnn3cc(-c4cnn([C@@H]5CCCN(C(C)C)C5)c4)cc23)CC1. The van der Waals surface area contributed by atoms with E-state index in [1.807, 2.05) is 35.7 Å². The van der Waals surface area contributed by atoms with Crippen molar-refractivity contribution in [3.05, 3.63) is 36.9 Å². The maximum Gasteiger partial charge on any atom is 0.317 e. The van der Waals surface area contributed by atoms with E-state index < -0.39 is 0 Å². The summed E-state index contributed by atoms with van der Waals surface area (Å²) in [6, 6.07) is 5.46. The highest BCUT2D eigenvalue weighted by molar-refractivity contribution is 5.80. The first-order valence-corrected chi connectivity index (χ1v) is 13.0. The van der Waals surface area contributed by atoms with E-state index in [2.05, 4.69) is 63.3 Å². The molecule has 1 N–H and O–H groups in total. The molecule has 2 aliphatic rings. The molecule has 0 aromatic carbocycles. The number of likely N-dealkylation sites (tertiary alicyclic amines) is 1. The summed E-state index contributed by atoms with van der Waals surface area (Å²) >= 11 is 0. The van der Waals surface area contributed by atoms with Gasteiger partial charge in [-0.25, -0.2) is 9.31 Å². The van der Waals surface area contributed by atoms with Crippen molar-refractivity contribution in [2.24, 2.45) is 0 Å². The van der Waals surface area contributed by atoms with Crippen LogP contribution < -0.4 is 10.2 Å². The second-order valence-corrected chi connectivity index (χ2v) is 10.4. The maximum absolute atomic E-state index is 12.4. The second-order valence-electron chi connectivity index (χ2n) is 10.4. The zero-order valence-corrected chi connectivity index (χ0v) is 21.4. The normalized spacial score (nSPS) is 19.8. The Hall–Kier alpha value is -3.07. The Morgan fingerprint density at radius 3 is 2.57 bits per heavy atom. The van der Waals surface area contributed by atoms with Crippen molar-refractivity contribution >= 4 is 17.2 Å². The van der Waals surface area contributed by atoms with Gasteiger partial charge in [-0.2, -0.15) is 10.2 Å². The zero-order valence-electron chi connectivity index (χ0n) is 21.4. The van der Waals surface area contributed by atoms with Gasteiger partial charge < -0.3 is 15.1 Å². The van der Waals surface area contributed by atoms with E-state index in [9.17, 15) is 4.79 Å². The third-order valence-corrected chi connectivity index (χ3v) is 7.27. The number of rotatable bonds is 5. The van der Waals surface area contributed by atoms with Crippen molar-refractivity contribution in [1.82, 2.24) is 34.5 Å². The lowest BCUT2D eigenvalue weighted by Crippen LogP contribution is -2.53. The number of amides is 2. The van der Waals surface area contributed by atoms with Gasteiger partial charge in [-0.3, -0.25) is 9.58 Å². The van der Waals surface area contributed by atoms with Gasteiger partial charge in [-0.1, -0.05) is 0 Å². The molecule has 0 aliphatic carbocycles. The molecule has 3 aromatic heterocycles. The molecule has 2 saturated heterocycles. The number of urea groups is 1. The van der Waals surface area contributed by atoms with Crippen LogP contribution in [0.1, 0.15) is 46.6 Å². The topological polar surface area (TPSA) is 73.9 Å². The lowest BCUT2D eigenvalue weighted by Gasteiger charge is -2.36. The van der Waals surface area contributed by atoms with Crippen LogP contribution >= 0.6 is 0 Å². The number of carbonyl (C=O) groups excluding carboxylic acids is 1. The van der Waals surface area contributed by atoms with Gasteiger partial charge >= 0.3 is 6.03 Å². The molecule has 0 saturated carbocycles. The Bertz CT molecular complexity index is 1160. The van der Waals surface area contributed by atoms with Gasteiger partial charge in [0.05, 0.1) is 23.4 Å². The largest absolute Gasteiger partial charge is 0.366 e. The monoisotopic (exact) mass is 478 g/mol. The fourth-order valence-corrected chi connectivity index (χ4v) is 5.27. The summed E-state index contributed by atoms with van der Waals surface area (Å²) < 4.78 is 4.11. The molecule has 35 heavy (non-hydrogen) atoms. The van der Waals surface area contributed by atoms with Gasteiger partial charge in [0.1, 0.15) is 0 Å². The highest BCUT2D eigenvalue weighted by Crippen LogP contribution is 2.30. The third kappa shape index (κ3) is 5.00. The Balaban J connectivity index is 1.32. The first-order chi connectivity index (χ1) is 16.9. The average molecular weight is 479 g/mol. The minimum absolute atomic E-state index is 0.0241. The number of fused-ring (bicyclic) bond motifs is 1. The molecule has 0 unspecified atom stereocenters. The van der Waals surface area contributed by atoms with Crippen LogP contribution in [0.4, 0.5) is 10.5 Å². The highest BCUT2D eigenvalue weighted by Gasteiger charge is 2.25. The van der Waals surface area contributed by atoms with E-state index >= 15 is 0 Å². The molecule has 0 bridgehead atoms. The van der Waals surface area contributed by atoms with Crippen molar-refractivity contribution in [3.63, 3.8) is 0 Å². The van der Waals surface area contributed by atoms with Crippen molar-refractivity contribution in [2.45, 2.75) is 58.7 Å². The fourth-order valence-electron chi connectivity index (χ4n) is 5.27. The van der Waals surface area contributed by atoms with Crippen LogP contribution in [-0.2, 0) is 0 Å². The first kappa shape index (κ1) is 23.7. The Kier molecular flexibility index (Phi) is 6.69. The smallest absolute Gasteiger partial charge is 0.317 e. The van der Waals surface area contributed by atoms with Gasteiger partial charge in [0.15, 0.2) is 0 Å². The van der Waals surface area contributed by atoms with Gasteiger partial charge in [0, 0.05) is 74.5 Å². The van der Waals surface area contributed by atoms with E-state index in [0.29, 0.717) is 25.2 Å². The van der Waals surface area contributed by atoms with Crippen LogP contribution in [0.15, 0.2) is 36.9 Å². The van der Waals surface area contributed by atoms with Crippen molar-refractivity contribution in [3.8, 4) is 11.1 Å². The average Bonchev–Trinajstić information content (AvgIpc) is 3.51. The van der Waals surface area contributed by atoms with E-state index in [1.165, 1.54) is 19.4 Å². The van der Waals surface area contributed by atoms with Crippen molar-refractivity contribution in [2.75, 3.05) is 44.2 Å². The number of piperidine rings is 1. The van der Waals surface area contributed by atoms with Crippen LogP contribution in [0.5, 0.6) is 0 Å². The number of hydrogen-bond acceptors (Lipinski definition) is 5. The molecule has 0 radical (unpaired) electrons. The molecule has 0 spiro atoms. The van der Waals surface area contributed by atoms with Crippen molar-refractivity contribution in [1.29, 1.82) is 0 Å². The Morgan fingerprint density at radius 2 is 1.83 bits per heavy atom. The summed E-state index contributed by atoms with van der Waals surface area (Å²) in [4.78, 5) is 19.2. The Morgan fingerprint density at radius 1 is 1.03 bits per heavy atom. The summed E-state index contributed by atoms with van der Waals surface area (Å²) in [5.41, 5.74) is 4.49. The third-order valence-electron chi connectivity index (χ3n) is 7.27. The number of anilines is 1. The standard InChI is InChI=1S/C26H38N8O/c1-19(2)29-26(35)31-12-10-30(11-13-31)24-7-8-27-34-16-21(14-25(24)34)22-15-28-33(17-22)23-6-5-9-32(18-23)20(3)4/h7-8,14-17,19-20,23H,5-6,9-13,18H2,1-4H3,(H,29,35)/t23-/m1/s1. The van der Waals surface area contributed by atoms with E-state index in [0.717, 1.165) is 42.0 Å². The molecular formula is C26H38N8O. The van der Waals surface area contributed by atoms with E-state index in [1.54, 1.807) is 0 Å². The maximum atomic E-state index is 12.4. The van der Waals surface area contributed by atoms with Gasteiger partial charge in [-0.15, -0.1) is 0 Å². The highest BCUT2D eigenvalue weighted by atomic mass is 16.2. The quantitative estimate of drug-likeness (QED) is 0.608. The Labute approximate surface area is 207 Å². The molecule has 1 atom stereocenters. The predicted molar refractivity (Wildman–Crippen MR) is 139 cm³/mol. The molecular weight excluding hydrogens is 440 g/mol. The molecule has 5 rings (SSSR count). The van der Waals surface area contributed by atoms with Gasteiger partial charge in [-0.05, 0) is 59.2 Å². The summed E-state index contributed by atoms with van der Waals surface area (Å²) in [6.07, 6.45) is 10.5. The number of nitrogens with one attached hydrogen (secondary N) is 1. The van der Waals surface area contributed by atoms with Crippen LogP contribution in [0.2, 0.25) is 0 Å². The van der Waals surface area contributed by atoms with Crippen LogP contribution in [0.3, 0.4) is 0 Å². The molecule has 9 heteroatoms. The molecule has 9 nitrogen and oxygen atoms in total. The summed E-state index contributed by atoms with van der Waals surface area (Å²) in [7, 11) is 0. The molecule has 5 heterocycles. The number of piperazine rings is 1. The predicted octanol–water partition coefficient (Wildman–Crippen LogP) is 3.48. The van der Waals surface area contributed by atoms with E-state index in [4.69, 9.17) is 5.10 Å². The van der Waals surface area contributed by atoms with Gasteiger partial charge in [0.2, 0.25) is 0 Å². The molecule has 2 aliphatic heterocycles. The van der Waals surface area contributed by atoms with Crippen LogP contribution in [-0.4, -0.2) is 86.6 Å². The number of carbonyl (C=O) groups is 1. The molecule has 2 amide bonds. The number of hydrogen-bond donors (Lipinski definition) is 1. The van der Waals surface area contributed by atoms with E-state index in [-0.39, 0.29) is 12.1 Å². The van der Waals surface area contributed by atoms with Gasteiger partial charge in [0.25, 0.3) is 0 Å². The number of nitrogens with zero attached hydrogens (tertiary/aromatic N) is 7. The number of aromatic nitrogens is 4. The lowest BCUT2D eigenvalue weighted by molar-refractivity contribution is 0.137. The molecule has 2 fully saturated rings. The van der Waals surface area contributed by atoms with Crippen LogP contribution in [0.25, 0.3) is 16.6 Å². The summed E-state index contributed by atoms with van der Waals surface area (Å²) in [6.45, 7) is 13.8. The minimum atomic E-state index is 0.0241. The first-order valence-electron chi connectivity index (χ1n) is 13.0. The minimum Gasteiger partial charge on any atom is -0.366 e. The van der Waals surface area contributed by atoms with Crippen molar-refractivity contribution < 1.29 is 4.79 Å².